The molecule has 3 heterocycles. The number of imidazole rings is 1. The van der Waals surface area contributed by atoms with Gasteiger partial charge >= 0.3 is 0 Å². The van der Waals surface area contributed by atoms with E-state index in [0.29, 0.717) is 30.5 Å². The number of aromatic nitrogens is 4. The third-order valence-electron chi connectivity index (χ3n) is 4.19. The quantitative estimate of drug-likeness (QED) is 0.362. The number of nitrogen functional groups attached to an aromatic ring is 1. The Kier molecular flexibility index (Phi) is 6.45. The Morgan fingerprint density at radius 1 is 1.38 bits per heavy atom. The number of hydrogen-bond donors (Lipinski definition) is 3. The highest BCUT2D eigenvalue weighted by atomic mass is 28.3. The average molecular weight is 415 g/mol. The molecule has 0 spiro atoms. The Morgan fingerprint density at radius 2 is 2.21 bits per heavy atom. The number of nitrogens with one attached hydrogen (secondary N) is 2. The predicted molar refractivity (Wildman–Crippen MR) is 112 cm³/mol. The fourth-order valence-electron chi connectivity index (χ4n) is 2.60. The zero-order valence-corrected chi connectivity index (χ0v) is 17.8. The molecule has 0 saturated heterocycles. The van der Waals surface area contributed by atoms with Crippen LogP contribution >= 0.6 is 0 Å². The smallest absolute Gasteiger partial charge is 0.270 e. The van der Waals surface area contributed by atoms with E-state index in [4.69, 9.17) is 14.9 Å². The number of nitrogens with two attached hydrogens (primary N) is 1. The van der Waals surface area contributed by atoms with E-state index in [9.17, 15) is 4.79 Å². The second-order valence-corrected chi connectivity index (χ2v) is 13.5. The molecule has 0 aliphatic heterocycles. The molecule has 0 aliphatic carbocycles. The minimum absolute atomic E-state index is 0.00927. The third-order valence-corrected chi connectivity index (χ3v) is 5.89. The van der Waals surface area contributed by atoms with Crippen LogP contribution in [0.3, 0.4) is 0 Å². The van der Waals surface area contributed by atoms with Gasteiger partial charge in [0.2, 0.25) is 5.95 Å². The van der Waals surface area contributed by atoms with Crippen molar-refractivity contribution in [2.24, 2.45) is 0 Å². The van der Waals surface area contributed by atoms with Crippen molar-refractivity contribution in [3.05, 3.63) is 48.4 Å². The molecule has 0 aromatic carbocycles. The Balaban J connectivity index is 1.71. The van der Waals surface area contributed by atoms with Crippen LogP contribution in [0.25, 0.3) is 11.5 Å². The number of hydrogen-bond acceptors (Lipinski definition) is 7. The van der Waals surface area contributed by atoms with Crippen molar-refractivity contribution in [1.29, 1.82) is 0 Å². The Morgan fingerprint density at radius 3 is 2.86 bits per heavy atom. The molecular formula is C19H26N6O3Si. The molecule has 154 valence electrons. The van der Waals surface area contributed by atoms with Gasteiger partial charge in [-0.05, 0) is 24.2 Å². The minimum Gasteiger partial charge on any atom is -0.463 e. The summed E-state index contributed by atoms with van der Waals surface area (Å²) in [7, 11) is -1.19. The first kappa shape index (κ1) is 20.7. The number of H-pyrrole nitrogens is 1. The molecular weight excluding hydrogens is 388 g/mol. The lowest BCUT2D eigenvalue weighted by atomic mass is 10.2. The van der Waals surface area contributed by atoms with Crippen LogP contribution in [0.15, 0.2) is 41.3 Å². The van der Waals surface area contributed by atoms with Gasteiger partial charge in [-0.3, -0.25) is 4.79 Å². The van der Waals surface area contributed by atoms with Crippen LogP contribution in [-0.2, 0) is 4.74 Å². The Labute approximate surface area is 170 Å². The van der Waals surface area contributed by atoms with Gasteiger partial charge in [0.15, 0.2) is 5.76 Å². The molecule has 9 nitrogen and oxygen atoms in total. The molecule has 1 unspecified atom stereocenters. The van der Waals surface area contributed by atoms with Gasteiger partial charge in [-0.15, -0.1) is 0 Å². The maximum Gasteiger partial charge on any atom is 0.270 e. The lowest BCUT2D eigenvalue weighted by molar-refractivity contribution is 0.0844. The number of nitrogens with zero attached hydrogens (tertiary/aromatic N) is 3. The van der Waals surface area contributed by atoms with E-state index in [1.807, 2.05) is 0 Å². The van der Waals surface area contributed by atoms with Gasteiger partial charge in [0.25, 0.3) is 5.91 Å². The van der Waals surface area contributed by atoms with E-state index in [0.717, 1.165) is 6.04 Å². The fourth-order valence-corrected chi connectivity index (χ4v) is 3.36. The summed E-state index contributed by atoms with van der Waals surface area (Å²) in [4.78, 5) is 28.3. The standard InChI is InChI=1S/C19H26N6O3Si/c1-29(2,3)10-9-27-12-15(17-21-6-7-22-17)23-18(26)14-11-13(24-19(20)25-14)16-5-4-8-28-16/h4-8,11,15H,9-10,12H2,1-3H3,(H,21,22)(H,23,26)(H2,20,24,25). The monoisotopic (exact) mass is 414 g/mol. The van der Waals surface area contributed by atoms with Gasteiger partial charge in [-0.1, -0.05) is 19.6 Å². The first-order valence-corrected chi connectivity index (χ1v) is 13.1. The van der Waals surface area contributed by atoms with Gasteiger partial charge in [0, 0.05) is 27.1 Å². The van der Waals surface area contributed by atoms with Crippen LogP contribution in [0.5, 0.6) is 0 Å². The maximum absolute atomic E-state index is 12.8. The van der Waals surface area contributed by atoms with E-state index >= 15 is 0 Å². The summed E-state index contributed by atoms with van der Waals surface area (Å²) in [6, 6.07) is 5.61. The molecule has 0 bridgehead atoms. The van der Waals surface area contributed by atoms with Crippen LogP contribution in [0.1, 0.15) is 22.4 Å². The number of anilines is 1. The molecule has 1 atom stereocenters. The van der Waals surface area contributed by atoms with Crippen molar-refractivity contribution in [3.63, 3.8) is 0 Å². The zero-order valence-electron chi connectivity index (χ0n) is 16.8. The van der Waals surface area contributed by atoms with Crippen LogP contribution < -0.4 is 11.1 Å². The highest BCUT2D eigenvalue weighted by molar-refractivity contribution is 6.76. The summed E-state index contributed by atoms with van der Waals surface area (Å²) in [5, 5.41) is 2.91. The number of furan rings is 1. The highest BCUT2D eigenvalue weighted by Gasteiger charge is 2.21. The lowest BCUT2D eigenvalue weighted by Crippen LogP contribution is -2.33. The molecule has 3 rings (SSSR count). The van der Waals surface area contributed by atoms with Crippen molar-refractivity contribution in [1.82, 2.24) is 25.3 Å². The van der Waals surface area contributed by atoms with Crippen LogP contribution in [-0.4, -0.2) is 47.1 Å². The van der Waals surface area contributed by atoms with Crippen molar-refractivity contribution in [2.75, 3.05) is 18.9 Å². The van der Waals surface area contributed by atoms with Crippen LogP contribution in [0.2, 0.25) is 25.7 Å². The second-order valence-electron chi connectivity index (χ2n) is 7.86. The molecule has 0 aliphatic rings. The van der Waals surface area contributed by atoms with E-state index in [-0.39, 0.29) is 11.6 Å². The van der Waals surface area contributed by atoms with Crippen molar-refractivity contribution in [2.45, 2.75) is 31.7 Å². The Hall–Kier alpha value is -2.98. The normalized spacial score (nSPS) is 12.7. The van der Waals surface area contributed by atoms with Crippen molar-refractivity contribution in [3.8, 4) is 11.5 Å². The number of ether oxygens (including phenoxy) is 1. The number of aromatic amines is 1. The van der Waals surface area contributed by atoms with E-state index < -0.39 is 20.0 Å². The average Bonchev–Trinajstić information content (AvgIpc) is 3.36. The second kappa shape index (κ2) is 9.01. The summed E-state index contributed by atoms with van der Waals surface area (Å²) < 4.78 is 11.2. The minimum atomic E-state index is -1.19. The van der Waals surface area contributed by atoms with Gasteiger partial charge in [0.1, 0.15) is 23.3 Å². The van der Waals surface area contributed by atoms with Crippen molar-refractivity contribution < 1.29 is 13.9 Å². The first-order chi connectivity index (χ1) is 13.8. The number of carbonyl (C=O) groups is 1. The summed E-state index contributed by atoms with van der Waals surface area (Å²) >= 11 is 0. The van der Waals surface area contributed by atoms with Gasteiger partial charge in [-0.2, -0.15) is 0 Å². The van der Waals surface area contributed by atoms with E-state index in [1.54, 1.807) is 24.5 Å². The maximum atomic E-state index is 12.8. The summed E-state index contributed by atoms with van der Waals surface area (Å²) in [5.41, 5.74) is 6.36. The third kappa shape index (κ3) is 6.00. The molecule has 29 heavy (non-hydrogen) atoms. The van der Waals surface area contributed by atoms with E-state index in [2.05, 4.69) is 44.9 Å². The van der Waals surface area contributed by atoms with Gasteiger partial charge < -0.3 is 25.2 Å². The highest BCUT2D eigenvalue weighted by Crippen LogP contribution is 2.19. The van der Waals surface area contributed by atoms with Crippen molar-refractivity contribution >= 4 is 19.9 Å². The van der Waals surface area contributed by atoms with Gasteiger partial charge in [-0.25, -0.2) is 15.0 Å². The zero-order chi connectivity index (χ0) is 20.9. The number of amides is 1. The Bertz CT molecular complexity index is 922. The summed E-state index contributed by atoms with van der Waals surface area (Å²) in [6.07, 6.45) is 4.86. The first-order valence-electron chi connectivity index (χ1n) is 9.38. The van der Waals surface area contributed by atoms with Crippen LogP contribution in [0, 0.1) is 0 Å². The lowest BCUT2D eigenvalue weighted by Gasteiger charge is -2.19. The van der Waals surface area contributed by atoms with Gasteiger partial charge in [0.05, 0.1) is 12.9 Å². The molecule has 3 aromatic heterocycles. The van der Waals surface area contributed by atoms with E-state index in [1.165, 1.54) is 12.3 Å². The largest absolute Gasteiger partial charge is 0.463 e. The summed E-state index contributed by atoms with van der Waals surface area (Å²) in [5.74, 6) is 0.706. The number of rotatable bonds is 9. The van der Waals surface area contributed by atoms with Crippen LogP contribution in [0.4, 0.5) is 5.95 Å². The fraction of sp³-hybridized carbons (Fsp3) is 0.368. The number of carbonyl (C=O) groups excluding carboxylic acids is 1. The molecule has 10 heteroatoms. The molecule has 3 aromatic rings. The molecule has 0 radical (unpaired) electrons. The summed E-state index contributed by atoms with van der Waals surface area (Å²) in [6.45, 7) is 7.82. The predicted octanol–water partition coefficient (Wildman–Crippen LogP) is 2.87. The molecule has 1 amide bonds. The molecule has 0 saturated carbocycles. The topological polar surface area (TPSA) is 132 Å². The molecule has 4 N–H and O–H groups in total. The molecule has 0 fully saturated rings. The SMILES string of the molecule is C[Si](C)(C)CCOCC(NC(=O)c1cc(-c2ccco2)nc(N)n1)c1ncc[nH]1.